The van der Waals surface area contributed by atoms with Crippen molar-refractivity contribution >= 4 is 11.9 Å². The average molecular weight is 233 g/mol. The Morgan fingerprint density at radius 3 is 2.82 bits per heavy atom. The fraction of sp³-hybridized carbons (Fsp3) is 0.385. The van der Waals surface area contributed by atoms with Crippen molar-refractivity contribution in [2.75, 3.05) is 0 Å². The van der Waals surface area contributed by atoms with Crippen molar-refractivity contribution in [1.82, 2.24) is 5.32 Å². The molecule has 0 aliphatic heterocycles. The minimum atomic E-state index is -1.00. The van der Waals surface area contributed by atoms with Gasteiger partial charge in [-0.25, -0.2) is 4.79 Å². The van der Waals surface area contributed by atoms with Gasteiger partial charge >= 0.3 is 6.09 Å². The third kappa shape index (κ3) is 2.46. The van der Waals surface area contributed by atoms with Crippen LogP contribution in [-0.4, -0.2) is 17.0 Å². The zero-order valence-corrected chi connectivity index (χ0v) is 9.69. The molecule has 0 aromatic heterocycles. The topological polar surface area (TPSA) is 66.4 Å². The van der Waals surface area contributed by atoms with Crippen LogP contribution in [0.5, 0.6) is 0 Å². The van der Waals surface area contributed by atoms with Crippen molar-refractivity contribution in [1.29, 1.82) is 0 Å². The van der Waals surface area contributed by atoms with Gasteiger partial charge in [0, 0.05) is 5.56 Å². The number of benzene rings is 1. The summed E-state index contributed by atoms with van der Waals surface area (Å²) in [4.78, 5) is 22.0. The maximum Gasteiger partial charge on any atom is 0.405 e. The highest BCUT2D eigenvalue weighted by atomic mass is 16.4. The van der Waals surface area contributed by atoms with E-state index in [1.807, 2.05) is 12.1 Å². The second-order valence-electron chi connectivity index (χ2n) is 4.36. The van der Waals surface area contributed by atoms with Crippen LogP contribution in [0.25, 0.3) is 0 Å². The zero-order valence-electron chi connectivity index (χ0n) is 9.69. The first-order chi connectivity index (χ1) is 8.08. The number of carbonyl (C=O) groups is 2. The van der Waals surface area contributed by atoms with Gasteiger partial charge in [0.15, 0.2) is 5.78 Å². The second kappa shape index (κ2) is 4.57. The van der Waals surface area contributed by atoms with E-state index in [9.17, 15) is 9.59 Å². The Bertz CT molecular complexity index is 468. The molecular weight excluding hydrogens is 218 g/mol. The lowest BCUT2D eigenvalue weighted by Crippen LogP contribution is -2.29. The summed E-state index contributed by atoms with van der Waals surface area (Å²) in [6.07, 6.45) is 1.67. The van der Waals surface area contributed by atoms with Crippen molar-refractivity contribution < 1.29 is 14.7 Å². The van der Waals surface area contributed by atoms with E-state index in [0.717, 1.165) is 30.4 Å². The van der Waals surface area contributed by atoms with Crippen LogP contribution in [0.3, 0.4) is 0 Å². The first-order valence-corrected chi connectivity index (χ1v) is 5.71. The summed E-state index contributed by atoms with van der Waals surface area (Å²) < 4.78 is 0. The van der Waals surface area contributed by atoms with Crippen LogP contribution in [0.4, 0.5) is 4.79 Å². The minimum Gasteiger partial charge on any atom is -0.465 e. The number of nitrogens with one attached hydrogen (secondary N) is 1. The molecule has 0 saturated heterocycles. The van der Waals surface area contributed by atoms with Crippen molar-refractivity contribution in [3.05, 3.63) is 34.9 Å². The van der Waals surface area contributed by atoms with Crippen molar-refractivity contribution in [3.63, 3.8) is 0 Å². The number of Topliss-reactive ketones (excluding diaryl/α,β-unsaturated/α-hetero) is 1. The fourth-order valence-electron chi connectivity index (χ4n) is 2.33. The third-order valence-electron chi connectivity index (χ3n) is 3.16. The van der Waals surface area contributed by atoms with Gasteiger partial charge in [0.25, 0.3) is 0 Å². The second-order valence-corrected chi connectivity index (χ2v) is 4.36. The Kier molecular flexibility index (Phi) is 3.13. The lowest BCUT2D eigenvalue weighted by Gasteiger charge is -2.25. The van der Waals surface area contributed by atoms with Crippen molar-refractivity contribution in [2.24, 2.45) is 0 Å². The molecule has 1 unspecified atom stereocenters. The molecule has 1 amide bonds. The Balaban J connectivity index is 2.33. The van der Waals surface area contributed by atoms with E-state index < -0.39 is 6.09 Å². The Hall–Kier alpha value is -1.84. The molecule has 1 aromatic rings. The Labute approximate surface area is 99.6 Å². The molecular formula is C13H15NO3. The molecule has 0 bridgehead atoms. The summed E-state index contributed by atoms with van der Waals surface area (Å²) in [5.41, 5.74) is 2.78. The number of fused-ring (bicyclic) bond motifs is 1. The number of amides is 1. The maximum absolute atomic E-state index is 11.3. The summed E-state index contributed by atoms with van der Waals surface area (Å²) in [6.45, 7) is 1.54. The average Bonchev–Trinajstić information content (AvgIpc) is 2.28. The molecule has 2 N–H and O–H groups in total. The molecule has 2 rings (SSSR count). The number of hydrogen-bond donors (Lipinski definition) is 2. The van der Waals surface area contributed by atoms with E-state index >= 15 is 0 Å². The number of hydrogen-bond acceptors (Lipinski definition) is 2. The van der Waals surface area contributed by atoms with E-state index in [2.05, 4.69) is 5.32 Å². The van der Waals surface area contributed by atoms with Crippen LogP contribution in [-0.2, 0) is 6.42 Å². The summed E-state index contributed by atoms with van der Waals surface area (Å²) in [7, 11) is 0. The molecule has 0 saturated carbocycles. The molecule has 0 spiro atoms. The predicted octanol–water partition coefficient (Wildman–Crippen LogP) is 2.53. The quantitative estimate of drug-likeness (QED) is 0.771. The van der Waals surface area contributed by atoms with Gasteiger partial charge in [-0.3, -0.25) is 4.79 Å². The zero-order chi connectivity index (χ0) is 12.4. The van der Waals surface area contributed by atoms with Gasteiger partial charge in [-0.1, -0.05) is 12.1 Å². The van der Waals surface area contributed by atoms with Gasteiger partial charge in [-0.15, -0.1) is 0 Å². The van der Waals surface area contributed by atoms with Gasteiger partial charge in [0.05, 0.1) is 6.04 Å². The highest BCUT2D eigenvalue weighted by Gasteiger charge is 2.22. The van der Waals surface area contributed by atoms with Gasteiger partial charge in [0.1, 0.15) is 0 Å². The molecule has 1 aromatic carbocycles. The molecule has 1 aliphatic rings. The van der Waals surface area contributed by atoms with Gasteiger partial charge in [-0.05, 0) is 43.4 Å². The van der Waals surface area contributed by atoms with Crippen LogP contribution >= 0.6 is 0 Å². The van der Waals surface area contributed by atoms with Gasteiger partial charge in [-0.2, -0.15) is 0 Å². The smallest absolute Gasteiger partial charge is 0.405 e. The van der Waals surface area contributed by atoms with E-state index in [1.165, 1.54) is 6.92 Å². The van der Waals surface area contributed by atoms with Gasteiger partial charge in [0.2, 0.25) is 0 Å². The highest BCUT2D eigenvalue weighted by molar-refractivity contribution is 5.94. The van der Waals surface area contributed by atoms with E-state index in [0.29, 0.717) is 5.56 Å². The molecule has 90 valence electrons. The standard InChI is InChI=1S/C13H15NO3/c1-8(15)9-5-6-11-10(7-9)3-2-4-12(11)14-13(16)17/h5-7,12,14H,2-4H2,1H3,(H,16,17). The first-order valence-electron chi connectivity index (χ1n) is 5.71. The highest BCUT2D eigenvalue weighted by Crippen LogP contribution is 2.30. The van der Waals surface area contributed by atoms with E-state index in [4.69, 9.17) is 5.11 Å². The lowest BCUT2D eigenvalue weighted by atomic mass is 9.86. The number of carboxylic acid groups (broad SMARTS) is 1. The maximum atomic E-state index is 11.3. The van der Waals surface area contributed by atoms with Crippen LogP contribution in [0.1, 0.15) is 47.3 Å². The van der Waals surface area contributed by atoms with E-state index in [-0.39, 0.29) is 11.8 Å². The summed E-state index contributed by atoms with van der Waals surface area (Å²) in [5.74, 6) is 0.0427. The van der Waals surface area contributed by atoms with Crippen molar-refractivity contribution in [2.45, 2.75) is 32.2 Å². The lowest BCUT2D eigenvalue weighted by molar-refractivity contribution is 0.101. The molecule has 4 heteroatoms. The van der Waals surface area contributed by atoms with E-state index in [1.54, 1.807) is 6.07 Å². The summed E-state index contributed by atoms with van der Waals surface area (Å²) >= 11 is 0. The number of aryl methyl sites for hydroxylation is 1. The molecule has 1 aliphatic carbocycles. The monoisotopic (exact) mass is 233 g/mol. The van der Waals surface area contributed by atoms with Crippen LogP contribution in [0, 0.1) is 0 Å². The third-order valence-corrected chi connectivity index (χ3v) is 3.16. The molecule has 4 nitrogen and oxygen atoms in total. The molecule has 0 fully saturated rings. The summed E-state index contributed by atoms with van der Waals surface area (Å²) in [6, 6.07) is 5.37. The molecule has 17 heavy (non-hydrogen) atoms. The largest absolute Gasteiger partial charge is 0.465 e. The predicted molar refractivity (Wildman–Crippen MR) is 63.3 cm³/mol. The molecule has 0 heterocycles. The molecule has 0 radical (unpaired) electrons. The van der Waals surface area contributed by atoms with Crippen LogP contribution in [0.15, 0.2) is 18.2 Å². The Morgan fingerprint density at radius 1 is 1.41 bits per heavy atom. The first kappa shape index (κ1) is 11.6. The fourth-order valence-corrected chi connectivity index (χ4v) is 2.33. The van der Waals surface area contributed by atoms with Crippen LogP contribution < -0.4 is 5.32 Å². The number of carbonyl (C=O) groups excluding carboxylic acids is 1. The minimum absolute atomic E-state index is 0.0427. The number of ketones is 1. The van der Waals surface area contributed by atoms with Crippen molar-refractivity contribution in [3.8, 4) is 0 Å². The Morgan fingerprint density at radius 2 is 2.18 bits per heavy atom. The molecule has 1 atom stereocenters. The van der Waals surface area contributed by atoms with Gasteiger partial charge < -0.3 is 10.4 Å². The normalized spacial score (nSPS) is 18.3. The van der Waals surface area contributed by atoms with Crippen LogP contribution in [0.2, 0.25) is 0 Å². The summed E-state index contributed by atoms with van der Waals surface area (Å²) in [5, 5.41) is 11.3. The number of rotatable bonds is 2. The SMILES string of the molecule is CC(=O)c1ccc2c(c1)CCCC2NC(=O)O.